The molecular weight excluding hydrogens is 342 g/mol. The molecule has 124 valence electrons. The fraction of sp³-hybridized carbons (Fsp3) is 0.111. The van der Waals surface area contributed by atoms with Crippen molar-refractivity contribution in [2.45, 2.75) is 13.3 Å². The standard InChI is InChI=1S/C18H18ClN3OS/c1-2-13-3-5-14(6-4-13)7-12-17(23)21-22-18(24)20-16-10-8-15(19)9-11-16/h3-12H,2H2,1H3,(H,21,23)(H2,20,22,24)/b12-7+. The number of anilines is 1. The van der Waals surface area contributed by atoms with Crippen molar-refractivity contribution in [3.8, 4) is 0 Å². The van der Waals surface area contributed by atoms with Crippen molar-refractivity contribution >= 4 is 46.6 Å². The van der Waals surface area contributed by atoms with Gasteiger partial charge in [-0.3, -0.25) is 15.6 Å². The molecule has 1 amide bonds. The van der Waals surface area contributed by atoms with Gasteiger partial charge in [0.2, 0.25) is 0 Å². The molecule has 0 fully saturated rings. The molecule has 0 saturated heterocycles. The van der Waals surface area contributed by atoms with E-state index < -0.39 is 0 Å². The second kappa shape index (κ2) is 9.05. The molecule has 4 nitrogen and oxygen atoms in total. The van der Waals surface area contributed by atoms with Crippen LogP contribution in [0.5, 0.6) is 0 Å². The van der Waals surface area contributed by atoms with Gasteiger partial charge in [-0.25, -0.2) is 0 Å². The van der Waals surface area contributed by atoms with Crippen molar-refractivity contribution < 1.29 is 4.79 Å². The first-order valence-electron chi connectivity index (χ1n) is 7.46. The molecule has 0 bridgehead atoms. The lowest BCUT2D eigenvalue weighted by Gasteiger charge is -2.10. The zero-order valence-corrected chi connectivity index (χ0v) is 14.7. The Morgan fingerprint density at radius 2 is 1.75 bits per heavy atom. The normalized spacial score (nSPS) is 10.4. The van der Waals surface area contributed by atoms with E-state index in [1.165, 1.54) is 11.6 Å². The van der Waals surface area contributed by atoms with E-state index in [-0.39, 0.29) is 11.0 Å². The Hall–Kier alpha value is -2.37. The Labute approximate surface area is 151 Å². The van der Waals surface area contributed by atoms with Gasteiger partial charge in [-0.2, -0.15) is 0 Å². The highest BCUT2D eigenvalue weighted by atomic mass is 35.5. The summed E-state index contributed by atoms with van der Waals surface area (Å²) in [4.78, 5) is 11.8. The van der Waals surface area contributed by atoms with Gasteiger partial charge in [0.25, 0.3) is 5.91 Å². The second-order valence-electron chi connectivity index (χ2n) is 5.00. The third kappa shape index (κ3) is 6.02. The minimum atomic E-state index is -0.296. The summed E-state index contributed by atoms with van der Waals surface area (Å²) in [7, 11) is 0. The summed E-state index contributed by atoms with van der Waals surface area (Å²) in [5.41, 5.74) is 8.14. The molecule has 0 aliphatic rings. The highest BCUT2D eigenvalue weighted by Crippen LogP contribution is 2.13. The molecule has 6 heteroatoms. The molecule has 3 N–H and O–H groups in total. The van der Waals surface area contributed by atoms with Crippen LogP contribution in [0.4, 0.5) is 5.69 Å². The summed E-state index contributed by atoms with van der Waals surface area (Å²) in [6, 6.07) is 15.1. The zero-order valence-electron chi connectivity index (χ0n) is 13.2. The number of carbonyl (C=O) groups is 1. The average Bonchev–Trinajstić information content (AvgIpc) is 2.60. The molecule has 2 rings (SSSR count). The van der Waals surface area contributed by atoms with Crippen LogP contribution in [-0.4, -0.2) is 11.0 Å². The van der Waals surface area contributed by atoms with Crippen molar-refractivity contribution in [3.63, 3.8) is 0 Å². The molecular formula is C18H18ClN3OS. The van der Waals surface area contributed by atoms with Gasteiger partial charge in [0, 0.05) is 16.8 Å². The molecule has 2 aromatic rings. The van der Waals surface area contributed by atoms with E-state index in [4.69, 9.17) is 23.8 Å². The van der Waals surface area contributed by atoms with Crippen molar-refractivity contribution in [1.29, 1.82) is 0 Å². The van der Waals surface area contributed by atoms with Crippen LogP contribution in [0.3, 0.4) is 0 Å². The first-order chi connectivity index (χ1) is 11.6. The van der Waals surface area contributed by atoms with Gasteiger partial charge in [0.05, 0.1) is 0 Å². The number of thiocarbonyl (C=S) groups is 1. The van der Waals surface area contributed by atoms with Crippen molar-refractivity contribution in [2.24, 2.45) is 0 Å². The minimum Gasteiger partial charge on any atom is -0.331 e. The molecule has 0 aliphatic heterocycles. The second-order valence-corrected chi connectivity index (χ2v) is 5.85. The Kier molecular flexibility index (Phi) is 6.78. The Balaban J connectivity index is 1.78. The number of amides is 1. The molecule has 0 aromatic heterocycles. The molecule has 0 aliphatic carbocycles. The SMILES string of the molecule is CCc1ccc(/C=C/C(=O)NNC(=S)Nc2ccc(Cl)cc2)cc1. The average molecular weight is 360 g/mol. The smallest absolute Gasteiger partial charge is 0.262 e. The van der Waals surface area contributed by atoms with E-state index in [0.29, 0.717) is 5.02 Å². The highest BCUT2D eigenvalue weighted by molar-refractivity contribution is 7.80. The molecule has 2 aromatic carbocycles. The topological polar surface area (TPSA) is 53.2 Å². The summed E-state index contributed by atoms with van der Waals surface area (Å²) in [5, 5.41) is 3.86. The third-order valence-corrected chi connectivity index (χ3v) is 3.67. The predicted molar refractivity (Wildman–Crippen MR) is 104 cm³/mol. The largest absolute Gasteiger partial charge is 0.331 e. The summed E-state index contributed by atoms with van der Waals surface area (Å²) in [5.74, 6) is -0.296. The van der Waals surface area contributed by atoms with Crippen LogP contribution in [0.2, 0.25) is 5.02 Å². The lowest BCUT2D eigenvalue weighted by molar-refractivity contribution is -0.116. The van der Waals surface area contributed by atoms with Crippen LogP contribution in [0, 0.1) is 0 Å². The monoisotopic (exact) mass is 359 g/mol. The summed E-state index contributed by atoms with van der Waals surface area (Å²) in [6.45, 7) is 2.10. The van der Waals surface area contributed by atoms with Gasteiger partial charge in [-0.05, 0) is 60.1 Å². The van der Waals surface area contributed by atoms with E-state index >= 15 is 0 Å². The summed E-state index contributed by atoms with van der Waals surface area (Å²) in [6.07, 6.45) is 4.18. The first kappa shape index (κ1) is 18.0. The number of hydrogen-bond donors (Lipinski definition) is 3. The van der Waals surface area contributed by atoms with E-state index in [9.17, 15) is 4.79 Å². The zero-order chi connectivity index (χ0) is 17.4. The van der Waals surface area contributed by atoms with E-state index in [1.807, 2.05) is 24.3 Å². The van der Waals surface area contributed by atoms with E-state index in [2.05, 4.69) is 23.1 Å². The van der Waals surface area contributed by atoms with Crippen LogP contribution in [0.25, 0.3) is 6.08 Å². The van der Waals surface area contributed by atoms with Gasteiger partial charge in [0.15, 0.2) is 5.11 Å². The van der Waals surface area contributed by atoms with Gasteiger partial charge >= 0.3 is 0 Å². The number of rotatable bonds is 4. The molecule has 0 saturated carbocycles. The maximum Gasteiger partial charge on any atom is 0.262 e. The number of halogens is 1. The van der Waals surface area contributed by atoms with E-state index in [1.54, 1.807) is 30.3 Å². The Morgan fingerprint density at radius 3 is 2.38 bits per heavy atom. The van der Waals surface area contributed by atoms with Crippen LogP contribution in [-0.2, 0) is 11.2 Å². The van der Waals surface area contributed by atoms with Gasteiger partial charge in [0.1, 0.15) is 0 Å². The Bertz CT molecular complexity index is 727. The first-order valence-corrected chi connectivity index (χ1v) is 8.25. The quantitative estimate of drug-likeness (QED) is 0.440. The van der Waals surface area contributed by atoms with Gasteiger partial charge in [-0.15, -0.1) is 0 Å². The minimum absolute atomic E-state index is 0.284. The molecule has 0 spiro atoms. The highest BCUT2D eigenvalue weighted by Gasteiger charge is 1.99. The van der Waals surface area contributed by atoms with Crippen molar-refractivity contribution in [2.75, 3.05) is 5.32 Å². The number of carbonyl (C=O) groups excluding carboxylic acids is 1. The van der Waals surface area contributed by atoms with Crippen LogP contribution in [0.1, 0.15) is 18.1 Å². The van der Waals surface area contributed by atoms with Gasteiger partial charge < -0.3 is 5.32 Å². The van der Waals surface area contributed by atoms with Crippen molar-refractivity contribution in [3.05, 3.63) is 70.8 Å². The fourth-order valence-electron chi connectivity index (χ4n) is 1.89. The summed E-state index contributed by atoms with van der Waals surface area (Å²) >= 11 is 10.9. The van der Waals surface area contributed by atoms with Crippen molar-refractivity contribution in [1.82, 2.24) is 10.9 Å². The molecule has 0 heterocycles. The maximum atomic E-state index is 11.8. The van der Waals surface area contributed by atoms with Gasteiger partial charge in [-0.1, -0.05) is 42.8 Å². The number of benzene rings is 2. The van der Waals surface area contributed by atoms with E-state index in [0.717, 1.165) is 17.7 Å². The molecule has 0 unspecified atom stereocenters. The lowest BCUT2D eigenvalue weighted by atomic mass is 10.1. The summed E-state index contributed by atoms with van der Waals surface area (Å²) < 4.78 is 0. The van der Waals surface area contributed by atoms with Crippen LogP contribution < -0.4 is 16.2 Å². The number of nitrogens with one attached hydrogen (secondary N) is 3. The number of hydrazine groups is 1. The third-order valence-electron chi connectivity index (χ3n) is 3.22. The molecule has 0 radical (unpaired) electrons. The fourth-order valence-corrected chi connectivity index (χ4v) is 2.19. The lowest BCUT2D eigenvalue weighted by Crippen LogP contribution is -2.43. The predicted octanol–water partition coefficient (Wildman–Crippen LogP) is 3.93. The number of hydrogen-bond acceptors (Lipinski definition) is 2. The number of aryl methyl sites for hydroxylation is 1. The molecule has 24 heavy (non-hydrogen) atoms. The molecule has 0 atom stereocenters. The Morgan fingerprint density at radius 1 is 1.08 bits per heavy atom. The maximum absolute atomic E-state index is 11.8. The van der Waals surface area contributed by atoms with Crippen LogP contribution in [0.15, 0.2) is 54.6 Å². The van der Waals surface area contributed by atoms with Crippen LogP contribution >= 0.6 is 23.8 Å².